The lowest BCUT2D eigenvalue weighted by atomic mass is 10.1. The summed E-state index contributed by atoms with van der Waals surface area (Å²) in [5.41, 5.74) is 10.4. The van der Waals surface area contributed by atoms with E-state index in [0.717, 1.165) is 12.8 Å². The molecule has 0 aromatic carbocycles. The Morgan fingerprint density at radius 1 is 1.00 bits per heavy atom. The largest absolute Gasteiger partial charge is 0.481 e. The van der Waals surface area contributed by atoms with Gasteiger partial charge in [-0.05, 0) is 19.4 Å². The molecule has 1 atom stereocenters. The summed E-state index contributed by atoms with van der Waals surface area (Å²) in [5.74, 6) is -3.56. The van der Waals surface area contributed by atoms with Crippen molar-refractivity contribution in [3.63, 3.8) is 0 Å². The van der Waals surface area contributed by atoms with Gasteiger partial charge in [0.15, 0.2) is 0 Å². The van der Waals surface area contributed by atoms with Crippen LogP contribution in [0.15, 0.2) is 0 Å². The monoisotopic (exact) mass is 268 g/mol. The van der Waals surface area contributed by atoms with Crippen LogP contribution in [-0.2, 0) is 14.4 Å². The molecule has 0 rings (SSSR count). The lowest BCUT2D eigenvalue weighted by Crippen LogP contribution is -2.29. The molecule has 9 N–H and O–H groups in total. The van der Waals surface area contributed by atoms with E-state index >= 15 is 0 Å². The Kier molecular flexibility index (Phi) is 16.0. The van der Waals surface area contributed by atoms with E-state index < -0.39 is 30.4 Å². The van der Waals surface area contributed by atoms with Gasteiger partial charge >= 0.3 is 17.9 Å². The zero-order valence-electron chi connectivity index (χ0n) is 9.83. The summed E-state index contributed by atoms with van der Waals surface area (Å²) < 4.78 is 0. The minimum absolute atomic E-state index is 0. The SMILES string of the molecule is NCCCC[C@H](N)C(=O)O.O.O=C(O)CC(=O)O. The van der Waals surface area contributed by atoms with Crippen molar-refractivity contribution in [1.82, 2.24) is 0 Å². The first-order valence-corrected chi connectivity index (χ1v) is 4.93. The molecular weight excluding hydrogens is 248 g/mol. The molecule has 0 saturated carbocycles. The van der Waals surface area contributed by atoms with Gasteiger partial charge in [-0.15, -0.1) is 0 Å². The Bertz CT molecular complexity index is 245. The zero-order chi connectivity index (χ0) is 13.8. The second-order valence-corrected chi connectivity index (χ2v) is 3.19. The van der Waals surface area contributed by atoms with Crippen molar-refractivity contribution < 1.29 is 35.2 Å². The number of carboxylic acid groups (broad SMARTS) is 3. The first kappa shape index (κ1) is 21.6. The number of carboxylic acids is 3. The normalized spacial score (nSPS) is 10.3. The third-order valence-electron chi connectivity index (χ3n) is 1.59. The van der Waals surface area contributed by atoms with Crippen molar-refractivity contribution >= 4 is 17.9 Å². The molecule has 0 unspecified atom stereocenters. The molecule has 9 nitrogen and oxygen atoms in total. The fourth-order valence-electron chi connectivity index (χ4n) is 0.761. The highest BCUT2D eigenvalue weighted by atomic mass is 16.4. The summed E-state index contributed by atoms with van der Waals surface area (Å²) in [5, 5.41) is 23.7. The zero-order valence-corrected chi connectivity index (χ0v) is 9.83. The van der Waals surface area contributed by atoms with Crippen molar-refractivity contribution in [3.8, 4) is 0 Å². The molecule has 0 aromatic rings. The fraction of sp³-hybridized carbons (Fsp3) is 0.667. The Balaban J connectivity index is -0.000000251. The fourth-order valence-corrected chi connectivity index (χ4v) is 0.761. The van der Waals surface area contributed by atoms with Crippen LogP contribution in [0.3, 0.4) is 0 Å². The molecule has 0 fully saturated rings. The van der Waals surface area contributed by atoms with Crippen molar-refractivity contribution in [2.45, 2.75) is 31.7 Å². The summed E-state index contributed by atoms with van der Waals surface area (Å²) in [7, 11) is 0. The van der Waals surface area contributed by atoms with Crippen LogP contribution in [0, 0.1) is 0 Å². The van der Waals surface area contributed by atoms with Crippen LogP contribution in [0.2, 0.25) is 0 Å². The molecule has 0 saturated heterocycles. The minimum Gasteiger partial charge on any atom is -0.481 e. The maximum Gasteiger partial charge on any atom is 0.320 e. The van der Waals surface area contributed by atoms with Crippen molar-refractivity contribution in [2.75, 3.05) is 6.54 Å². The minimum atomic E-state index is -1.31. The van der Waals surface area contributed by atoms with E-state index in [9.17, 15) is 14.4 Å². The number of hydrogen-bond acceptors (Lipinski definition) is 5. The van der Waals surface area contributed by atoms with E-state index in [1.165, 1.54) is 0 Å². The van der Waals surface area contributed by atoms with Gasteiger partial charge in [-0.25, -0.2) is 0 Å². The predicted octanol–water partition coefficient (Wildman–Crippen LogP) is -1.75. The third-order valence-corrected chi connectivity index (χ3v) is 1.59. The maximum atomic E-state index is 10.1. The van der Waals surface area contributed by atoms with Crippen molar-refractivity contribution in [3.05, 3.63) is 0 Å². The maximum absolute atomic E-state index is 10.1. The van der Waals surface area contributed by atoms with E-state index in [-0.39, 0.29) is 5.48 Å². The molecule has 0 heterocycles. The van der Waals surface area contributed by atoms with Crippen LogP contribution < -0.4 is 11.5 Å². The van der Waals surface area contributed by atoms with Gasteiger partial charge in [0.25, 0.3) is 0 Å². The molecule has 18 heavy (non-hydrogen) atoms. The number of unbranched alkanes of at least 4 members (excludes halogenated alkanes) is 1. The molecule has 0 aromatic heterocycles. The van der Waals surface area contributed by atoms with E-state index in [4.69, 9.17) is 26.8 Å². The van der Waals surface area contributed by atoms with Crippen LogP contribution >= 0.6 is 0 Å². The van der Waals surface area contributed by atoms with Crippen LogP contribution in [-0.4, -0.2) is 51.3 Å². The Morgan fingerprint density at radius 3 is 1.67 bits per heavy atom. The van der Waals surface area contributed by atoms with Crippen LogP contribution in [0.1, 0.15) is 25.7 Å². The van der Waals surface area contributed by atoms with Gasteiger partial charge in [-0.1, -0.05) is 6.42 Å². The molecule has 9 heteroatoms. The quantitative estimate of drug-likeness (QED) is 0.264. The third kappa shape index (κ3) is 19.8. The summed E-state index contributed by atoms with van der Waals surface area (Å²) in [4.78, 5) is 29.0. The standard InChI is InChI=1S/C6H14N2O2.C3H4O4.H2O/c7-4-2-1-3-5(8)6(9)10;4-2(5)1-3(6)7;/h5H,1-4,7-8H2,(H,9,10);1H2,(H,4,5)(H,6,7);1H2/t5-;;/m0../s1. The lowest BCUT2D eigenvalue weighted by Gasteiger charge is -2.03. The number of aliphatic carboxylic acids is 3. The van der Waals surface area contributed by atoms with E-state index in [1.54, 1.807) is 0 Å². The number of carbonyl (C=O) groups is 3. The number of hydrogen-bond donors (Lipinski definition) is 5. The Morgan fingerprint density at radius 2 is 1.44 bits per heavy atom. The highest BCUT2D eigenvalue weighted by Crippen LogP contribution is 1.96. The summed E-state index contributed by atoms with van der Waals surface area (Å²) in [6.45, 7) is 0.604. The molecular formula is C9H20N2O7. The highest BCUT2D eigenvalue weighted by Gasteiger charge is 2.09. The predicted molar refractivity (Wildman–Crippen MR) is 62.0 cm³/mol. The summed E-state index contributed by atoms with van der Waals surface area (Å²) >= 11 is 0. The molecule has 0 aliphatic heterocycles. The summed E-state index contributed by atoms with van der Waals surface area (Å²) in [6, 6.07) is -0.716. The first-order valence-electron chi connectivity index (χ1n) is 4.93. The van der Waals surface area contributed by atoms with Gasteiger partial charge in [0.05, 0.1) is 0 Å². The van der Waals surface area contributed by atoms with Crippen molar-refractivity contribution in [1.29, 1.82) is 0 Å². The number of nitrogens with two attached hydrogens (primary N) is 2. The molecule has 0 bridgehead atoms. The molecule has 0 spiro atoms. The van der Waals surface area contributed by atoms with Gasteiger partial charge in [0.1, 0.15) is 12.5 Å². The smallest absolute Gasteiger partial charge is 0.320 e. The molecule has 0 aliphatic carbocycles. The molecule has 0 amide bonds. The highest BCUT2D eigenvalue weighted by molar-refractivity contribution is 5.88. The second kappa shape index (κ2) is 13.4. The van der Waals surface area contributed by atoms with Crippen LogP contribution in [0.4, 0.5) is 0 Å². The van der Waals surface area contributed by atoms with Gasteiger partial charge < -0.3 is 32.3 Å². The average Bonchev–Trinajstić information content (AvgIpc) is 2.16. The Hall–Kier alpha value is -1.71. The average molecular weight is 268 g/mol. The van der Waals surface area contributed by atoms with Gasteiger partial charge in [0.2, 0.25) is 0 Å². The molecule has 0 radical (unpaired) electrons. The topological polar surface area (TPSA) is 195 Å². The van der Waals surface area contributed by atoms with E-state index in [2.05, 4.69) is 0 Å². The van der Waals surface area contributed by atoms with Crippen LogP contribution in [0.5, 0.6) is 0 Å². The molecule has 108 valence electrons. The van der Waals surface area contributed by atoms with Gasteiger partial charge in [-0.2, -0.15) is 0 Å². The van der Waals surface area contributed by atoms with Crippen LogP contribution in [0.25, 0.3) is 0 Å². The van der Waals surface area contributed by atoms with Crippen molar-refractivity contribution in [2.24, 2.45) is 11.5 Å². The van der Waals surface area contributed by atoms with E-state index in [1.807, 2.05) is 0 Å². The van der Waals surface area contributed by atoms with Gasteiger partial charge in [-0.3, -0.25) is 14.4 Å². The lowest BCUT2D eigenvalue weighted by molar-refractivity contribution is -0.147. The van der Waals surface area contributed by atoms with E-state index in [0.29, 0.717) is 13.0 Å². The molecule has 0 aliphatic rings. The van der Waals surface area contributed by atoms with Gasteiger partial charge in [0, 0.05) is 0 Å². The first-order chi connectivity index (χ1) is 7.81. The Labute approximate surface area is 104 Å². The number of rotatable bonds is 7. The summed E-state index contributed by atoms with van der Waals surface area (Å²) in [6.07, 6.45) is 1.36. The second-order valence-electron chi connectivity index (χ2n) is 3.19.